The van der Waals surface area contributed by atoms with Gasteiger partial charge in [0.25, 0.3) is 0 Å². The van der Waals surface area contributed by atoms with E-state index in [1.807, 2.05) is 0 Å². The van der Waals surface area contributed by atoms with Crippen molar-refractivity contribution in [2.45, 2.75) is 81.1 Å². The fourth-order valence-electron chi connectivity index (χ4n) is 6.02. The Morgan fingerprint density at radius 2 is 0.865 bits per heavy atom. The summed E-state index contributed by atoms with van der Waals surface area (Å²) in [6.45, 7) is 17.8. The van der Waals surface area contributed by atoms with Crippen LogP contribution in [-0.4, -0.2) is 19.9 Å². The zero-order valence-corrected chi connectivity index (χ0v) is 24.4. The zero-order valence-electron chi connectivity index (χ0n) is 23.4. The van der Waals surface area contributed by atoms with Crippen molar-refractivity contribution in [2.24, 2.45) is 0 Å². The summed E-state index contributed by atoms with van der Waals surface area (Å²) in [6.07, 6.45) is 3.86. The molecule has 37 heavy (non-hydrogen) atoms. The number of allylic oxidation sites excluding steroid dienone is 4. The number of aromatic amines is 2. The Morgan fingerprint density at radius 3 is 1.19 bits per heavy atom. The minimum atomic E-state index is 0. The zero-order chi connectivity index (χ0) is 25.7. The maximum Gasteiger partial charge on any atom is 0.0693 e. The smallest absolute Gasteiger partial charge is 0.0693 e. The molecule has 5 heteroatoms. The summed E-state index contributed by atoms with van der Waals surface area (Å²) in [6, 6.07) is 8.98. The van der Waals surface area contributed by atoms with Crippen molar-refractivity contribution in [1.29, 1.82) is 0 Å². The molecule has 8 bridgehead atoms. The van der Waals surface area contributed by atoms with Gasteiger partial charge >= 0.3 is 0 Å². The molecule has 0 atom stereocenters. The molecule has 0 saturated carbocycles. The van der Waals surface area contributed by atoms with Crippen LogP contribution in [0.25, 0.3) is 44.4 Å². The Labute approximate surface area is 231 Å². The number of hydrogen-bond donors (Lipinski definition) is 2. The van der Waals surface area contributed by atoms with Gasteiger partial charge in [-0.1, -0.05) is 27.7 Å². The van der Waals surface area contributed by atoms with Crippen LogP contribution in [0.1, 0.15) is 99.4 Å². The number of rotatable bonds is 4. The Bertz CT molecular complexity index is 1490. The fraction of sp³-hybridized carbons (Fsp3) is 0.375. The number of H-pyrrole nitrogens is 2. The Balaban J connectivity index is 0.00000320. The molecule has 2 aliphatic heterocycles. The molecule has 0 spiro atoms. The maximum atomic E-state index is 5.15. The first-order valence-corrected chi connectivity index (χ1v) is 13.4. The molecule has 3 aromatic rings. The average molecular weight is 538 g/mol. The van der Waals surface area contributed by atoms with Gasteiger partial charge in [0.05, 0.1) is 22.8 Å². The van der Waals surface area contributed by atoms with Gasteiger partial charge in [0.2, 0.25) is 0 Å². The van der Waals surface area contributed by atoms with Crippen molar-refractivity contribution in [3.05, 3.63) is 69.3 Å². The van der Waals surface area contributed by atoms with Gasteiger partial charge < -0.3 is 9.97 Å². The molecule has 4 nitrogen and oxygen atoms in total. The molecule has 5 rings (SSSR count). The van der Waals surface area contributed by atoms with Gasteiger partial charge in [0.15, 0.2) is 0 Å². The van der Waals surface area contributed by atoms with Gasteiger partial charge in [-0.05, 0) is 122 Å². The normalized spacial score (nSPS) is 13.4. The van der Waals surface area contributed by atoms with E-state index >= 15 is 0 Å². The summed E-state index contributed by atoms with van der Waals surface area (Å²) in [7, 11) is 0. The second-order valence-electron chi connectivity index (χ2n) is 10.1. The average Bonchev–Trinajstić information content (AvgIpc) is 3.51. The minimum Gasteiger partial charge on any atom is -0.355 e. The van der Waals surface area contributed by atoms with Gasteiger partial charge in [-0.3, -0.25) is 0 Å². The standard InChI is InChI=1S/C32H38N4.Co/c1-9-21-17(5)25-13-26-19(7)23(11-3)31(35-26)16-32-24(12-4)20(8)28(36-32)14-27-18(6)22(10-2)30(34-27)15-29(21)33-25;/h13-16,33,36H,9-12H2,1-8H3;. The van der Waals surface area contributed by atoms with Crippen LogP contribution in [0.4, 0.5) is 0 Å². The summed E-state index contributed by atoms with van der Waals surface area (Å²) < 4.78 is 0. The van der Waals surface area contributed by atoms with E-state index < -0.39 is 0 Å². The SMILES string of the molecule is CCC1=C(C)c2cc3[nH]c(cc4nc(cc5[nH]c(cc1n2)c(CC)c5C)C(C)=C4CC)c(CC)c3C.[Co]. The van der Waals surface area contributed by atoms with E-state index in [2.05, 4.69) is 89.6 Å². The first-order chi connectivity index (χ1) is 17.3. The third-order valence-corrected chi connectivity index (χ3v) is 8.21. The fourth-order valence-corrected chi connectivity index (χ4v) is 6.02. The van der Waals surface area contributed by atoms with Gasteiger partial charge in [-0.25, -0.2) is 9.97 Å². The van der Waals surface area contributed by atoms with Crippen LogP contribution in [-0.2, 0) is 29.6 Å². The number of nitrogens with zero attached hydrogens (tertiary/aromatic N) is 2. The number of aromatic nitrogens is 4. The Morgan fingerprint density at radius 1 is 0.514 bits per heavy atom. The Kier molecular flexibility index (Phi) is 7.68. The number of aryl methyl sites for hydroxylation is 4. The Hall–Kier alpha value is -2.89. The van der Waals surface area contributed by atoms with E-state index in [0.717, 1.165) is 70.5 Å². The number of fused-ring (bicyclic) bond motifs is 8. The summed E-state index contributed by atoms with van der Waals surface area (Å²) in [5.41, 5.74) is 19.3. The topological polar surface area (TPSA) is 57.4 Å². The quantitative estimate of drug-likeness (QED) is 0.350. The van der Waals surface area contributed by atoms with Gasteiger partial charge in [-0.15, -0.1) is 0 Å². The maximum absolute atomic E-state index is 5.15. The van der Waals surface area contributed by atoms with Crippen LogP contribution in [0.2, 0.25) is 0 Å². The monoisotopic (exact) mass is 537 g/mol. The van der Waals surface area contributed by atoms with Crippen LogP contribution in [0, 0.1) is 13.8 Å². The molecule has 0 saturated heterocycles. The number of nitrogens with one attached hydrogen (secondary N) is 2. The largest absolute Gasteiger partial charge is 0.355 e. The molecule has 5 heterocycles. The van der Waals surface area contributed by atoms with Crippen LogP contribution < -0.4 is 0 Å². The van der Waals surface area contributed by atoms with Crippen molar-refractivity contribution in [1.82, 2.24) is 19.9 Å². The van der Waals surface area contributed by atoms with Crippen molar-refractivity contribution in [2.75, 3.05) is 0 Å². The van der Waals surface area contributed by atoms with Crippen molar-refractivity contribution in [3.63, 3.8) is 0 Å². The molecule has 3 aromatic heterocycles. The van der Waals surface area contributed by atoms with Gasteiger partial charge in [0.1, 0.15) is 0 Å². The van der Waals surface area contributed by atoms with E-state index in [1.165, 1.54) is 44.5 Å². The van der Waals surface area contributed by atoms with Crippen LogP contribution in [0.3, 0.4) is 0 Å². The minimum absolute atomic E-state index is 0. The van der Waals surface area contributed by atoms with Gasteiger partial charge in [0, 0.05) is 38.8 Å². The molecule has 0 fully saturated rings. The third-order valence-electron chi connectivity index (χ3n) is 8.21. The molecule has 2 N–H and O–H groups in total. The molecule has 0 amide bonds. The predicted octanol–water partition coefficient (Wildman–Crippen LogP) is 8.74. The third kappa shape index (κ3) is 4.42. The molecule has 195 valence electrons. The summed E-state index contributed by atoms with van der Waals surface area (Å²) in [4.78, 5) is 17.7. The van der Waals surface area contributed by atoms with E-state index in [0.29, 0.717) is 0 Å². The molecular formula is C32H38CoN4. The van der Waals surface area contributed by atoms with Crippen LogP contribution >= 0.6 is 0 Å². The predicted molar refractivity (Wildman–Crippen MR) is 155 cm³/mol. The van der Waals surface area contributed by atoms with Crippen molar-refractivity contribution in [3.8, 4) is 0 Å². The van der Waals surface area contributed by atoms with Crippen molar-refractivity contribution >= 4 is 44.4 Å². The number of hydrogen-bond acceptors (Lipinski definition) is 2. The van der Waals surface area contributed by atoms with Crippen LogP contribution in [0.15, 0.2) is 24.3 Å². The van der Waals surface area contributed by atoms with E-state index in [1.54, 1.807) is 0 Å². The first kappa shape index (κ1) is 27.1. The molecule has 1 radical (unpaired) electrons. The van der Waals surface area contributed by atoms with E-state index in [4.69, 9.17) is 9.97 Å². The summed E-state index contributed by atoms with van der Waals surface area (Å²) >= 11 is 0. The second kappa shape index (κ2) is 10.5. The molecule has 2 aliphatic rings. The second-order valence-corrected chi connectivity index (χ2v) is 10.1. The first-order valence-electron chi connectivity index (χ1n) is 13.4. The van der Waals surface area contributed by atoms with E-state index in [9.17, 15) is 0 Å². The molecular weight excluding hydrogens is 499 g/mol. The molecule has 0 aromatic carbocycles. The van der Waals surface area contributed by atoms with E-state index in [-0.39, 0.29) is 16.8 Å². The molecule has 0 unspecified atom stereocenters. The van der Waals surface area contributed by atoms with Crippen LogP contribution in [0.5, 0.6) is 0 Å². The van der Waals surface area contributed by atoms with Crippen molar-refractivity contribution < 1.29 is 16.8 Å². The molecule has 0 aliphatic carbocycles. The summed E-state index contributed by atoms with van der Waals surface area (Å²) in [5.74, 6) is 0. The summed E-state index contributed by atoms with van der Waals surface area (Å²) in [5, 5.41) is 0. The van der Waals surface area contributed by atoms with Gasteiger partial charge in [-0.2, -0.15) is 0 Å².